The lowest BCUT2D eigenvalue weighted by Crippen LogP contribution is -2.44. The second-order valence-electron chi connectivity index (χ2n) is 8.20. The second-order valence-corrected chi connectivity index (χ2v) is 8.20. The van der Waals surface area contributed by atoms with Crippen molar-refractivity contribution in [3.05, 3.63) is 35.9 Å². The van der Waals surface area contributed by atoms with Gasteiger partial charge in [0.2, 0.25) is 0 Å². The standard InChI is InChI=1S/C22H29NO4/c1-21(2,3)27-20(25)23-16-22(4,15-18(23)19(24)26-5)14-10-9-13-17-11-7-6-8-12-17/h6-8,11-12,18H,9,13,15-16H2,1-5H3/t18-,22?/m0/s1. The number of hydrogen-bond acceptors (Lipinski definition) is 4. The van der Waals surface area contributed by atoms with E-state index in [-0.39, 0.29) is 0 Å². The predicted molar refractivity (Wildman–Crippen MR) is 104 cm³/mol. The van der Waals surface area contributed by atoms with Gasteiger partial charge in [-0.2, -0.15) is 0 Å². The summed E-state index contributed by atoms with van der Waals surface area (Å²) in [7, 11) is 1.33. The normalized spacial score (nSPS) is 22.0. The molecule has 1 amide bonds. The maximum atomic E-state index is 12.5. The number of carbonyl (C=O) groups excluding carboxylic acids is 2. The highest BCUT2D eigenvalue weighted by molar-refractivity contribution is 5.82. The van der Waals surface area contributed by atoms with E-state index in [1.165, 1.54) is 17.6 Å². The Bertz CT molecular complexity index is 726. The first-order valence-corrected chi connectivity index (χ1v) is 9.25. The first-order valence-electron chi connectivity index (χ1n) is 9.25. The van der Waals surface area contributed by atoms with Crippen LogP contribution >= 0.6 is 0 Å². The fraction of sp³-hybridized carbons (Fsp3) is 0.545. The van der Waals surface area contributed by atoms with Gasteiger partial charge in [-0.1, -0.05) is 36.3 Å². The molecule has 0 radical (unpaired) electrons. The van der Waals surface area contributed by atoms with Gasteiger partial charge in [0.15, 0.2) is 0 Å². The van der Waals surface area contributed by atoms with Crippen LogP contribution in [0, 0.1) is 17.3 Å². The molecule has 1 fully saturated rings. The number of likely N-dealkylation sites (tertiary alicyclic amines) is 1. The van der Waals surface area contributed by atoms with E-state index in [9.17, 15) is 9.59 Å². The van der Waals surface area contributed by atoms with Crippen molar-refractivity contribution in [3.63, 3.8) is 0 Å². The molecule has 1 unspecified atom stereocenters. The van der Waals surface area contributed by atoms with Crippen LogP contribution in [-0.4, -0.2) is 42.3 Å². The van der Waals surface area contributed by atoms with E-state index in [2.05, 4.69) is 24.0 Å². The third-order valence-corrected chi connectivity index (χ3v) is 4.41. The summed E-state index contributed by atoms with van der Waals surface area (Å²) in [5.74, 6) is 6.06. The number of amides is 1. The van der Waals surface area contributed by atoms with Gasteiger partial charge >= 0.3 is 12.1 Å². The van der Waals surface area contributed by atoms with Crippen LogP contribution in [0.3, 0.4) is 0 Å². The van der Waals surface area contributed by atoms with Crippen LogP contribution in [0.25, 0.3) is 0 Å². The van der Waals surface area contributed by atoms with Crippen molar-refractivity contribution in [3.8, 4) is 11.8 Å². The smallest absolute Gasteiger partial charge is 0.411 e. The largest absolute Gasteiger partial charge is 0.467 e. The van der Waals surface area contributed by atoms with Crippen LogP contribution in [0.1, 0.15) is 46.1 Å². The molecule has 0 N–H and O–H groups in total. The molecule has 2 rings (SSSR count). The van der Waals surface area contributed by atoms with E-state index < -0.39 is 29.1 Å². The summed E-state index contributed by atoms with van der Waals surface area (Å²) in [4.78, 5) is 26.2. The molecule has 1 aromatic rings. The van der Waals surface area contributed by atoms with Crippen molar-refractivity contribution in [1.82, 2.24) is 4.90 Å². The van der Waals surface area contributed by atoms with Crippen molar-refractivity contribution in [1.29, 1.82) is 0 Å². The summed E-state index contributed by atoms with van der Waals surface area (Å²) in [5, 5.41) is 0. The number of ether oxygens (including phenoxy) is 2. The number of carbonyl (C=O) groups is 2. The van der Waals surface area contributed by atoms with Crippen LogP contribution in [0.2, 0.25) is 0 Å². The van der Waals surface area contributed by atoms with Gasteiger partial charge in [-0.25, -0.2) is 9.59 Å². The van der Waals surface area contributed by atoms with Crippen LogP contribution in [-0.2, 0) is 20.7 Å². The molecule has 27 heavy (non-hydrogen) atoms. The summed E-state index contributed by atoms with van der Waals surface area (Å²) in [5.41, 5.74) is 0.149. The van der Waals surface area contributed by atoms with Gasteiger partial charge in [0.05, 0.1) is 7.11 Å². The monoisotopic (exact) mass is 371 g/mol. The van der Waals surface area contributed by atoms with Crippen molar-refractivity contribution >= 4 is 12.1 Å². The molecule has 1 aliphatic heterocycles. The van der Waals surface area contributed by atoms with Gasteiger partial charge in [-0.3, -0.25) is 4.90 Å². The zero-order chi connectivity index (χ0) is 20.1. The third kappa shape index (κ3) is 6.02. The highest BCUT2D eigenvalue weighted by atomic mass is 16.6. The van der Waals surface area contributed by atoms with E-state index in [0.29, 0.717) is 13.0 Å². The Morgan fingerprint density at radius 1 is 1.26 bits per heavy atom. The van der Waals surface area contributed by atoms with E-state index in [4.69, 9.17) is 9.47 Å². The summed E-state index contributed by atoms with van der Waals surface area (Å²) < 4.78 is 10.3. The van der Waals surface area contributed by atoms with Gasteiger partial charge in [-0.05, 0) is 46.1 Å². The molecule has 2 atom stereocenters. The van der Waals surface area contributed by atoms with Gasteiger partial charge in [-0.15, -0.1) is 5.92 Å². The molecule has 0 bridgehead atoms. The maximum absolute atomic E-state index is 12.5. The number of rotatable bonds is 3. The topological polar surface area (TPSA) is 55.8 Å². The summed E-state index contributed by atoms with van der Waals surface area (Å²) in [6.45, 7) is 7.73. The molecule has 1 saturated heterocycles. The molecule has 146 valence electrons. The van der Waals surface area contributed by atoms with Crippen molar-refractivity contribution in [2.24, 2.45) is 5.41 Å². The zero-order valence-electron chi connectivity index (χ0n) is 16.9. The van der Waals surface area contributed by atoms with Gasteiger partial charge in [0, 0.05) is 18.4 Å². The molecule has 1 aromatic carbocycles. The van der Waals surface area contributed by atoms with Crippen molar-refractivity contribution in [2.75, 3.05) is 13.7 Å². The number of hydrogen-bond donors (Lipinski definition) is 0. The zero-order valence-corrected chi connectivity index (χ0v) is 16.9. The Morgan fingerprint density at radius 3 is 2.52 bits per heavy atom. The first-order chi connectivity index (χ1) is 12.6. The quantitative estimate of drug-likeness (QED) is 0.599. The van der Waals surface area contributed by atoms with Gasteiger partial charge in [0.25, 0.3) is 0 Å². The number of benzene rings is 1. The average Bonchev–Trinajstić information content (AvgIpc) is 2.96. The lowest BCUT2D eigenvalue weighted by Gasteiger charge is -2.27. The van der Waals surface area contributed by atoms with Crippen molar-refractivity contribution < 1.29 is 19.1 Å². The molecular formula is C22H29NO4. The first kappa shape index (κ1) is 20.8. The average molecular weight is 371 g/mol. The lowest BCUT2D eigenvalue weighted by atomic mass is 9.88. The lowest BCUT2D eigenvalue weighted by molar-refractivity contribution is -0.145. The Hall–Kier alpha value is -2.48. The Labute approximate surface area is 162 Å². The summed E-state index contributed by atoms with van der Waals surface area (Å²) >= 11 is 0. The van der Waals surface area contributed by atoms with Gasteiger partial charge in [0.1, 0.15) is 11.6 Å². The molecule has 1 heterocycles. The maximum Gasteiger partial charge on any atom is 0.411 e. The second kappa shape index (κ2) is 8.47. The molecule has 5 heteroatoms. The molecule has 0 aliphatic carbocycles. The number of esters is 1. The molecule has 0 saturated carbocycles. The van der Waals surface area contributed by atoms with E-state index in [1.807, 2.05) is 25.1 Å². The van der Waals surface area contributed by atoms with Crippen LogP contribution < -0.4 is 0 Å². The van der Waals surface area contributed by atoms with E-state index in [1.54, 1.807) is 20.8 Å². The highest BCUT2D eigenvalue weighted by Gasteiger charge is 2.47. The minimum atomic E-state index is -0.668. The number of methoxy groups -OCH3 is 1. The Balaban J connectivity index is 2.07. The molecular weight excluding hydrogens is 342 g/mol. The third-order valence-electron chi connectivity index (χ3n) is 4.41. The number of nitrogens with zero attached hydrogens (tertiary/aromatic N) is 1. The van der Waals surface area contributed by atoms with Crippen molar-refractivity contribution in [2.45, 2.75) is 58.6 Å². The van der Waals surface area contributed by atoms with Crippen LogP contribution in [0.4, 0.5) is 4.79 Å². The van der Waals surface area contributed by atoms with E-state index >= 15 is 0 Å². The fourth-order valence-corrected chi connectivity index (χ4v) is 3.16. The van der Waals surface area contributed by atoms with Crippen LogP contribution in [0.15, 0.2) is 30.3 Å². The highest BCUT2D eigenvalue weighted by Crippen LogP contribution is 2.35. The van der Waals surface area contributed by atoms with E-state index in [0.717, 1.165) is 12.8 Å². The molecule has 1 aliphatic rings. The molecule has 5 nitrogen and oxygen atoms in total. The Kier molecular flexibility index (Phi) is 6.54. The SMILES string of the molecule is COC(=O)[C@@H]1CC(C)(C#CCCc2ccccc2)CN1C(=O)OC(C)(C)C. The number of aryl methyl sites for hydroxylation is 1. The predicted octanol–water partition coefficient (Wildman–Crippen LogP) is 3.81. The molecule has 0 spiro atoms. The molecule has 0 aromatic heterocycles. The van der Waals surface area contributed by atoms with Gasteiger partial charge < -0.3 is 9.47 Å². The Morgan fingerprint density at radius 2 is 1.93 bits per heavy atom. The summed E-state index contributed by atoms with van der Waals surface area (Å²) in [6.07, 6.45) is 1.54. The summed E-state index contributed by atoms with van der Waals surface area (Å²) in [6, 6.07) is 9.51. The fourth-order valence-electron chi connectivity index (χ4n) is 3.16. The minimum Gasteiger partial charge on any atom is -0.467 e. The van der Waals surface area contributed by atoms with Crippen LogP contribution in [0.5, 0.6) is 0 Å². The minimum absolute atomic E-state index is 0.347.